The van der Waals surface area contributed by atoms with E-state index in [9.17, 15) is 0 Å². The molecular weight excluding hydrogens is 426 g/mol. The number of hydrogen-bond donors (Lipinski definition) is 0. The fourth-order valence-electron chi connectivity index (χ4n) is 0. The summed E-state index contributed by atoms with van der Waals surface area (Å²) < 4.78 is 0. The van der Waals surface area contributed by atoms with E-state index < -0.39 is 20.3 Å². The van der Waals surface area contributed by atoms with E-state index in [0.29, 0.717) is 0 Å². The molecule has 0 saturated carbocycles. The second-order valence-corrected chi connectivity index (χ2v) is 0.894. The molecule has 96 valence electrons. The smallest absolute Gasteiger partial charge is 0.356 e. The maximum absolute atomic E-state index is 8.25. The van der Waals surface area contributed by atoms with Crippen LogP contribution in [0.15, 0.2) is 0 Å². The van der Waals surface area contributed by atoms with E-state index in [1.165, 1.54) is 0 Å². The molecule has 0 aliphatic carbocycles. The van der Waals surface area contributed by atoms with E-state index in [2.05, 4.69) is 0 Å². The third-order valence-corrected chi connectivity index (χ3v) is 0. The molecule has 0 fully saturated rings. The molecule has 0 unspecified atom stereocenters. The Morgan fingerprint density at radius 2 is 0.444 bits per heavy atom. The van der Waals surface area contributed by atoms with Gasteiger partial charge in [-0.1, -0.05) is 0 Å². The Balaban J connectivity index is -0.0000000257. The first kappa shape index (κ1) is 36.0. The van der Waals surface area contributed by atoms with Gasteiger partial charge in [-0.15, -0.1) is 0 Å². The first-order valence-electron chi connectivity index (χ1n) is 2.19. The van der Waals surface area contributed by atoms with Gasteiger partial charge >= 0.3 is 46.8 Å². The van der Waals surface area contributed by atoms with Crippen molar-refractivity contribution in [1.82, 2.24) is 0 Å². The van der Waals surface area contributed by atoms with Crippen LogP contribution in [-0.2, 0) is 46.8 Å². The Bertz CT molecular complexity index is 164. The van der Waals surface area contributed by atoms with E-state index in [4.69, 9.17) is 61.3 Å². The Kier molecular flexibility index (Phi) is 59.0. The van der Waals surface area contributed by atoms with Gasteiger partial charge in [0, 0.05) is 0 Å². The van der Waals surface area contributed by atoms with Crippen LogP contribution in [-0.4, -0.2) is 20.3 Å². The van der Waals surface area contributed by atoms with Crippen molar-refractivity contribution in [3.05, 3.63) is 61.3 Å². The molecule has 0 aromatic heterocycles. The summed E-state index contributed by atoms with van der Waals surface area (Å²) in [6, 6.07) is 0. The van der Waals surface area contributed by atoms with Crippen LogP contribution in [0.3, 0.4) is 0 Å². The normalized spacial score (nSPS) is 5.33. The van der Waals surface area contributed by atoms with Crippen LogP contribution >= 0.6 is 0 Å². The van der Waals surface area contributed by atoms with Gasteiger partial charge in [-0.3, -0.25) is 0 Å². The molecule has 0 radical (unpaired) electrons. The van der Waals surface area contributed by atoms with E-state index in [1.807, 2.05) is 0 Å². The van der Waals surface area contributed by atoms with Crippen molar-refractivity contribution in [3.8, 4) is 0 Å². The Hall–Kier alpha value is -1.65. The summed E-state index contributed by atoms with van der Waals surface area (Å²) in [5.41, 5.74) is 0. The summed E-state index contributed by atoms with van der Waals surface area (Å²) in [6.07, 6.45) is 0. The molecule has 0 amide bonds. The van der Waals surface area contributed by atoms with E-state index in [-0.39, 0.29) is 46.8 Å². The van der Waals surface area contributed by atoms with Gasteiger partial charge in [0.1, 0.15) is 0 Å². The van der Waals surface area contributed by atoms with Crippen LogP contribution in [0.1, 0.15) is 0 Å². The third-order valence-electron chi connectivity index (χ3n) is 0. The molecule has 0 aromatic rings. The molecule has 0 aliphatic rings. The molecule has 0 spiro atoms. The zero-order valence-electron chi connectivity index (χ0n) is 8.10. The van der Waals surface area contributed by atoms with Crippen molar-refractivity contribution in [2.45, 2.75) is 0 Å². The van der Waals surface area contributed by atoms with Crippen molar-refractivity contribution in [2.24, 2.45) is 0 Å². The fraction of sp³-hybridized carbons (Fsp3) is 0. The average molecular weight is 426 g/mol. The SMILES string of the molecule is O=[N+]([O-])[O-].O=[N+]([O-])[O-].O=[N+]([O-])[O-].O=[N+]([O-])[O-].[Cd+2].[Zn+2]. The maximum atomic E-state index is 8.25. The van der Waals surface area contributed by atoms with Crippen LogP contribution in [0, 0.1) is 61.3 Å². The molecule has 16 nitrogen and oxygen atoms in total. The molecule has 0 aliphatic heterocycles. The van der Waals surface area contributed by atoms with Crippen molar-refractivity contribution in [3.63, 3.8) is 0 Å². The van der Waals surface area contributed by atoms with Crippen molar-refractivity contribution in [2.75, 3.05) is 0 Å². The summed E-state index contributed by atoms with van der Waals surface area (Å²) in [6.45, 7) is 0. The first-order valence-corrected chi connectivity index (χ1v) is 2.19. The maximum Gasteiger partial charge on any atom is 2.00 e. The van der Waals surface area contributed by atoms with Gasteiger partial charge in [-0.05, 0) is 0 Å². The molecule has 0 rings (SSSR count). The predicted octanol–water partition coefficient (Wildman–Crippen LogP) is -0.961. The standard InChI is InChI=1S/Cd.4NO3.Zn/c;4*2-1(3)4;/q+2;4*-1;+2. The van der Waals surface area contributed by atoms with Crippen LogP contribution in [0.25, 0.3) is 0 Å². The largest absolute Gasteiger partial charge is 2.00 e. The van der Waals surface area contributed by atoms with Crippen molar-refractivity contribution in [1.29, 1.82) is 0 Å². The summed E-state index contributed by atoms with van der Waals surface area (Å²) in [7, 11) is 0. The zero-order valence-corrected chi connectivity index (χ0v) is 15.1. The fourth-order valence-corrected chi connectivity index (χ4v) is 0. The second kappa shape index (κ2) is 29.5. The van der Waals surface area contributed by atoms with E-state index >= 15 is 0 Å². The number of hydrogen-bond acceptors (Lipinski definition) is 12. The van der Waals surface area contributed by atoms with Gasteiger partial charge < -0.3 is 61.3 Å². The molecule has 18 heavy (non-hydrogen) atoms. The van der Waals surface area contributed by atoms with Gasteiger partial charge in [0.25, 0.3) is 0 Å². The predicted molar refractivity (Wildman–Crippen MR) is 41.4 cm³/mol. The van der Waals surface area contributed by atoms with E-state index in [1.54, 1.807) is 0 Å². The first-order chi connectivity index (χ1) is 6.93. The van der Waals surface area contributed by atoms with Crippen LogP contribution in [0.2, 0.25) is 0 Å². The molecule has 0 N–H and O–H groups in total. The van der Waals surface area contributed by atoms with Gasteiger partial charge in [0.15, 0.2) is 0 Å². The number of rotatable bonds is 0. The Labute approximate surface area is 128 Å². The second-order valence-electron chi connectivity index (χ2n) is 0.894. The Morgan fingerprint density at radius 1 is 0.444 bits per heavy atom. The minimum Gasteiger partial charge on any atom is -0.356 e. The van der Waals surface area contributed by atoms with Crippen molar-refractivity contribution < 1.29 is 67.1 Å². The van der Waals surface area contributed by atoms with Crippen LogP contribution in [0.4, 0.5) is 0 Å². The molecule has 0 heterocycles. The van der Waals surface area contributed by atoms with Gasteiger partial charge in [-0.2, -0.15) is 0 Å². The minimum absolute atomic E-state index is 0. The zero-order chi connectivity index (χ0) is 14.3. The molecule has 0 aromatic carbocycles. The van der Waals surface area contributed by atoms with Gasteiger partial charge in [0.2, 0.25) is 0 Å². The Morgan fingerprint density at radius 3 is 0.444 bits per heavy atom. The van der Waals surface area contributed by atoms with Crippen LogP contribution in [0.5, 0.6) is 0 Å². The van der Waals surface area contributed by atoms with Crippen LogP contribution < -0.4 is 0 Å². The average Bonchev–Trinajstić information content (AvgIpc) is 1.76. The van der Waals surface area contributed by atoms with E-state index in [0.717, 1.165) is 0 Å². The van der Waals surface area contributed by atoms with Gasteiger partial charge in [0.05, 0.1) is 20.3 Å². The quantitative estimate of drug-likeness (QED) is 0.257. The molecule has 0 saturated heterocycles. The van der Waals surface area contributed by atoms with Gasteiger partial charge in [-0.25, -0.2) is 0 Å². The molecule has 18 heteroatoms. The minimum atomic E-state index is -1.75. The third kappa shape index (κ3) is 933. The molecular formula is CdN4O12Zn. The molecule has 0 bridgehead atoms. The summed E-state index contributed by atoms with van der Waals surface area (Å²) in [5, 5.41) is 59.0. The topological polar surface area (TPSA) is 265 Å². The summed E-state index contributed by atoms with van der Waals surface area (Å²) >= 11 is 0. The summed E-state index contributed by atoms with van der Waals surface area (Å²) in [5.74, 6) is 0. The van der Waals surface area contributed by atoms with Crippen molar-refractivity contribution >= 4 is 0 Å². The summed E-state index contributed by atoms with van der Waals surface area (Å²) in [4.78, 5) is 33.0. The number of nitrogens with zero attached hydrogens (tertiary/aromatic N) is 4. The molecule has 0 atom stereocenters. The monoisotopic (exact) mass is 426 g/mol.